The summed E-state index contributed by atoms with van der Waals surface area (Å²) in [7, 11) is 1.64. The van der Waals surface area contributed by atoms with E-state index in [2.05, 4.69) is 20.5 Å². The van der Waals surface area contributed by atoms with E-state index < -0.39 is 0 Å². The van der Waals surface area contributed by atoms with Gasteiger partial charge in [-0.3, -0.25) is 9.59 Å². The Balaban J connectivity index is 1.70. The van der Waals surface area contributed by atoms with Crippen molar-refractivity contribution in [1.82, 2.24) is 20.3 Å². The van der Waals surface area contributed by atoms with Crippen molar-refractivity contribution in [3.8, 4) is 0 Å². The van der Waals surface area contributed by atoms with Gasteiger partial charge in [0.2, 0.25) is 5.76 Å². The minimum absolute atomic E-state index is 0.138. The number of anilines is 1. The summed E-state index contributed by atoms with van der Waals surface area (Å²) < 4.78 is 6.18. The van der Waals surface area contributed by atoms with E-state index in [4.69, 9.17) is 4.52 Å². The van der Waals surface area contributed by atoms with Crippen LogP contribution in [0.1, 0.15) is 29.8 Å². The van der Waals surface area contributed by atoms with Crippen LogP contribution < -0.4 is 15.8 Å². The number of piperidine rings is 1. The molecule has 1 aliphatic heterocycles. The molecule has 1 N–H and O–H groups in total. The lowest BCUT2D eigenvalue weighted by molar-refractivity contribution is 0.0912. The van der Waals surface area contributed by atoms with Crippen molar-refractivity contribution in [1.29, 1.82) is 0 Å². The van der Waals surface area contributed by atoms with Crippen LogP contribution in [0.5, 0.6) is 0 Å². The molecule has 3 rings (SSSR count). The van der Waals surface area contributed by atoms with Crippen molar-refractivity contribution in [2.75, 3.05) is 18.0 Å². The van der Waals surface area contributed by atoms with E-state index in [0.29, 0.717) is 6.54 Å². The highest BCUT2D eigenvalue weighted by atomic mass is 16.5. The van der Waals surface area contributed by atoms with Gasteiger partial charge in [-0.25, -0.2) is 4.68 Å². The second-order valence-electron chi connectivity index (χ2n) is 5.58. The molecule has 8 heteroatoms. The van der Waals surface area contributed by atoms with E-state index in [0.717, 1.165) is 31.6 Å². The zero-order valence-electron chi connectivity index (χ0n) is 12.9. The number of nitrogens with one attached hydrogen (secondary N) is 1. The van der Waals surface area contributed by atoms with Crippen molar-refractivity contribution in [2.45, 2.75) is 25.3 Å². The molecule has 0 aromatic carbocycles. The van der Waals surface area contributed by atoms with Crippen LogP contribution >= 0.6 is 0 Å². The van der Waals surface area contributed by atoms with Crippen molar-refractivity contribution in [2.24, 2.45) is 7.05 Å². The quantitative estimate of drug-likeness (QED) is 0.885. The normalized spacial score (nSPS) is 18.0. The first-order valence-electron chi connectivity index (χ1n) is 7.65. The molecule has 0 bridgehead atoms. The van der Waals surface area contributed by atoms with Gasteiger partial charge in [0.15, 0.2) is 0 Å². The Morgan fingerprint density at radius 2 is 2.26 bits per heavy atom. The third-order valence-corrected chi connectivity index (χ3v) is 4.03. The van der Waals surface area contributed by atoms with Gasteiger partial charge in [0.05, 0.1) is 6.20 Å². The Hall–Kier alpha value is -2.64. The lowest BCUT2D eigenvalue weighted by atomic mass is 10.0. The van der Waals surface area contributed by atoms with Crippen LogP contribution in [0.25, 0.3) is 0 Å². The van der Waals surface area contributed by atoms with Gasteiger partial charge >= 0.3 is 0 Å². The molecular formula is C15H19N5O3. The fourth-order valence-electron chi connectivity index (χ4n) is 2.79. The van der Waals surface area contributed by atoms with Crippen LogP contribution in [0.2, 0.25) is 0 Å². The number of amides is 1. The molecule has 1 aliphatic rings. The van der Waals surface area contributed by atoms with Crippen molar-refractivity contribution in [3.63, 3.8) is 0 Å². The number of aromatic nitrogens is 3. The first kappa shape index (κ1) is 15.3. The lowest BCUT2D eigenvalue weighted by Gasteiger charge is -2.36. The number of hydrogen-bond acceptors (Lipinski definition) is 6. The zero-order chi connectivity index (χ0) is 16.2. The summed E-state index contributed by atoms with van der Waals surface area (Å²) in [5.74, 6) is 0.680. The molecule has 0 radical (unpaired) electrons. The Bertz CT molecular complexity index is 725. The van der Waals surface area contributed by atoms with Gasteiger partial charge in [0, 0.05) is 38.3 Å². The van der Waals surface area contributed by atoms with Crippen LogP contribution in [-0.2, 0) is 7.05 Å². The third kappa shape index (κ3) is 3.41. The van der Waals surface area contributed by atoms with Gasteiger partial charge in [-0.15, -0.1) is 0 Å². The van der Waals surface area contributed by atoms with E-state index in [1.807, 2.05) is 0 Å². The van der Waals surface area contributed by atoms with Crippen LogP contribution in [0, 0.1) is 0 Å². The van der Waals surface area contributed by atoms with Gasteiger partial charge < -0.3 is 14.7 Å². The molecule has 1 atom stereocenters. The van der Waals surface area contributed by atoms with Crippen molar-refractivity contribution >= 4 is 11.7 Å². The number of hydrogen-bond donors (Lipinski definition) is 1. The Kier molecular flexibility index (Phi) is 4.40. The van der Waals surface area contributed by atoms with E-state index >= 15 is 0 Å². The molecule has 0 aliphatic carbocycles. The first-order chi connectivity index (χ1) is 11.1. The highest BCUT2D eigenvalue weighted by Gasteiger charge is 2.25. The van der Waals surface area contributed by atoms with E-state index in [9.17, 15) is 9.59 Å². The smallest absolute Gasteiger partial charge is 0.289 e. The molecule has 1 fully saturated rings. The Morgan fingerprint density at radius 1 is 1.39 bits per heavy atom. The molecule has 2 aromatic heterocycles. The molecule has 0 saturated carbocycles. The molecule has 122 valence electrons. The number of carbonyl (C=O) groups excluding carboxylic acids is 1. The van der Waals surface area contributed by atoms with E-state index in [1.54, 1.807) is 13.1 Å². The average molecular weight is 317 g/mol. The molecule has 8 nitrogen and oxygen atoms in total. The number of rotatable bonds is 4. The van der Waals surface area contributed by atoms with Crippen LogP contribution in [0.15, 0.2) is 33.7 Å². The second-order valence-corrected chi connectivity index (χ2v) is 5.58. The van der Waals surface area contributed by atoms with Gasteiger partial charge in [-0.2, -0.15) is 5.10 Å². The molecule has 1 amide bonds. The third-order valence-electron chi connectivity index (χ3n) is 4.03. The monoisotopic (exact) mass is 317 g/mol. The summed E-state index contributed by atoms with van der Waals surface area (Å²) in [6.45, 7) is 1.35. The van der Waals surface area contributed by atoms with Gasteiger partial charge in [0.25, 0.3) is 11.5 Å². The predicted octanol–water partition coefficient (Wildman–Crippen LogP) is 0.557. The highest BCUT2D eigenvalue weighted by Crippen LogP contribution is 2.21. The van der Waals surface area contributed by atoms with Crippen LogP contribution in [0.4, 0.5) is 5.82 Å². The zero-order valence-corrected chi connectivity index (χ0v) is 12.9. The molecule has 3 heterocycles. The fourth-order valence-corrected chi connectivity index (χ4v) is 2.79. The summed E-state index contributed by atoms with van der Waals surface area (Å²) in [6.07, 6.45) is 4.57. The van der Waals surface area contributed by atoms with Gasteiger partial charge in [-0.1, -0.05) is 5.16 Å². The maximum Gasteiger partial charge on any atom is 0.289 e. The van der Waals surface area contributed by atoms with Crippen LogP contribution in [0.3, 0.4) is 0 Å². The summed E-state index contributed by atoms with van der Waals surface area (Å²) in [6, 6.07) is 4.92. The number of nitrogens with zero attached hydrogens (tertiary/aromatic N) is 4. The molecular weight excluding hydrogens is 298 g/mol. The summed E-state index contributed by atoms with van der Waals surface area (Å²) in [5.41, 5.74) is -0.138. The lowest BCUT2D eigenvalue weighted by Crippen LogP contribution is -2.47. The van der Waals surface area contributed by atoms with Gasteiger partial charge in [-0.05, 0) is 25.3 Å². The van der Waals surface area contributed by atoms with E-state index in [-0.39, 0.29) is 23.3 Å². The predicted molar refractivity (Wildman–Crippen MR) is 83.3 cm³/mol. The van der Waals surface area contributed by atoms with Crippen molar-refractivity contribution < 1.29 is 9.32 Å². The topological polar surface area (TPSA) is 93.3 Å². The largest absolute Gasteiger partial charge is 0.351 e. The molecule has 0 spiro atoms. The standard InChI is InChI=1S/C15H19N5O3/c1-19-14(21)6-5-13(18-19)20-9-3-2-4-11(20)10-16-15(22)12-7-8-17-23-12/h5-8,11H,2-4,9-10H2,1H3,(H,16,22). The highest BCUT2D eigenvalue weighted by molar-refractivity contribution is 5.91. The number of carbonyl (C=O) groups is 1. The summed E-state index contributed by atoms with van der Waals surface area (Å²) >= 11 is 0. The Morgan fingerprint density at radius 3 is 3.00 bits per heavy atom. The SMILES string of the molecule is Cn1nc(N2CCCCC2CNC(=O)c2ccno2)ccc1=O. The summed E-state index contributed by atoms with van der Waals surface area (Å²) in [4.78, 5) is 25.6. The average Bonchev–Trinajstić information content (AvgIpc) is 3.10. The fraction of sp³-hybridized carbons (Fsp3) is 0.467. The van der Waals surface area contributed by atoms with Gasteiger partial charge in [0.1, 0.15) is 5.82 Å². The summed E-state index contributed by atoms with van der Waals surface area (Å²) in [5, 5.41) is 10.7. The second kappa shape index (κ2) is 6.64. The van der Waals surface area contributed by atoms with Crippen molar-refractivity contribution in [3.05, 3.63) is 40.5 Å². The molecule has 2 aromatic rings. The van der Waals surface area contributed by atoms with Crippen LogP contribution in [-0.4, -0.2) is 40.0 Å². The number of aryl methyl sites for hydroxylation is 1. The molecule has 1 unspecified atom stereocenters. The molecule has 1 saturated heterocycles. The van der Waals surface area contributed by atoms with E-state index in [1.165, 1.54) is 23.0 Å². The molecule has 23 heavy (non-hydrogen) atoms. The minimum Gasteiger partial charge on any atom is -0.351 e. The minimum atomic E-state index is -0.276. The first-order valence-corrected chi connectivity index (χ1v) is 7.65. The maximum absolute atomic E-state index is 12.0. The maximum atomic E-state index is 12.0. The Labute approximate surface area is 133 Å².